The number of rotatable bonds is 7. The van der Waals surface area contributed by atoms with Crippen molar-refractivity contribution in [3.05, 3.63) is 73.7 Å². The van der Waals surface area contributed by atoms with Crippen molar-refractivity contribution in [1.82, 2.24) is 10.6 Å². The molecule has 0 aromatic heterocycles. The molecule has 2 aromatic carbocycles. The van der Waals surface area contributed by atoms with E-state index >= 15 is 0 Å². The van der Waals surface area contributed by atoms with Crippen LogP contribution in [0.25, 0.3) is 6.08 Å². The van der Waals surface area contributed by atoms with Crippen LogP contribution < -0.4 is 10.6 Å². The lowest BCUT2D eigenvalue weighted by Crippen LogP contribution is -2.45. The minimum Gasteiger partial charge on any atom is -0.355 e. The van der Waals surface area contributed by atoms with Gasteiger partial charge in [-0.3, -0.25) is 9.59 Å². The van der Waals surface area contributed by atoms with Crippen molar-refractivity contribution >= 4 is 52.7 Å². The lowest BCUT2D eigenvalue weighted by atomic mass is 9.96. The van der Waals surface area contributed by atoms with Gasteiger partial charge >= 0.3 is 12.4 Å². The predicted molar refractivity (Wildman–Crippen MR) is 126 cm³/mol. The first-order valence-electron chi connectivity index (χ1n) is 10.2. The molecule has 2 N–H and O–H groups in total. The van der Waals surface area contributed by atoms with E-state index in [0.29, 0.717) is 12.1 Å². The zero-order chi connectivity index (χ0) is 27.4. The molecule has 0 aliphatic rings. The van der Waals surface area contributed by atoms with Gasteiger partial charge in [0, 0.05) is 6.54 Å². The predicted octanol–water partition coefficient (Wildman–Crippen LogP) is 7.28. The summed E-state index contributed by atoms with van der Waals surface area (Å²) in [4.78, 5) is 24.2. The third kappa shape index (κ3) is 7.54. The lowest BCUT2D eigenvalue weighted by molar-refractivity contribution is -0.139. The van der Waals surface area contributed by atoms with E-state index in [2.05, 4.69) is 10.6 Å². The maximum atomic E-state index is 13.7. The summed E-state index contributed by atoms with van der Waals surface area (Å²) in [5.74, 6) is -4.03. The van der Waals surface area contributed by atoms with Gasteiger partial charge in [0.2, 0.25) is 5.91 Å². The van der Waals surface area contributed by atoms with Crippen molar-refractivity contribution in [3.8, 4) is 0 Å². The Morgan fingerprint density at radius 1 is 1.00 bits per heavy atom. The monoisotopic (exact) mass is 574 g/mol. The Kier molecular flexibility index (Phi) is 9.72. The maximum absolute atomic E-state index is 13.7. The van der Waals surface area contributed by atoms with Crippen LogP contribution in [0.2, 0.25) is 15.1 Å². The fraction of sp³-hybridized carbons (Fsp3) is 0.304. The van der Waals surface area contributed by atoms with Gasteiger partial charge in [0.05, 0.1) is 32.1 Å². The number of hydrogen-bond donors (Lipinski definition) is 2. The Morgan fingerprint density at radius 2 is 1.58 bits per heavy atom. The molecular formula is C23H19Cl3F6N2O2. The zero-order valence-corrected chi connectivity index (χ0v) is 20.9. The smallest absolute Gasteiger partial charge is 0.355 e. The molecule has 0 bridgehead atoms. The summed E-state index contributed by atoms with van der Waals surface area (Å²) in [6.45, 7) is 3.17. The topological polar surface area (TPSA) is 58.2 Å². The summed E-state index contributed by atoms with van der Waals surface area (Å²) in [5.41, 5.74) is -2.80. The van der Waals surface area contributed by atoms with E-state index in [0.717, 1.165) is 30.3 Å². The van der Waals surface area contributed by atoms with Crippen molar-refractivity contribution < 1.29 is 35.9 Å². The number of carbonyl (C=O) groups is 2. The van der Waals surface area contributed by atoms with Crippen LogP contribution in [-0.2, 0) is 11.0 Å². The summed E-state index contributed by atoms with van der Waals surface area (Å²) in [5, 5.41) is 4.00. The van der Waals surface area contributed by atoms with E-state index in [4.69, 9.17) is 34.8 Å². The second-order valence-corrected chi connectivity index (χ2v) is 8.76. The number of carbonyl (C=O) groups excluding carboxylic acids is 2. The largest absolute Gasteiger partial charge is 0.417 e. The molecule has 0 aliphatic carbocycles. The second kappa shape index (κ2) is 11.7. The highest BCUT2D eigenvalue weighted by molar-refractivity contribution is 6.48. The van der Waals surface area contributed by atoms with Crippen molar-refractivity contribution in [2.45, 2.75) is 38.2 Å². The number of benzene rings is 2. The van der Waals surface area contributed by atoms with Gasteiger partial charge in [-0.25, -0.2) is 0 Å². The fourth-order valence-corrected chi connectivity index (χ4v) is 3.75. The van der Waals surface area contributed by atoms with Crippen LogP contribution in [-0.4, -0.2) is 30.6 Å². The van der Waals surface area contributed by atoms with E-state index < -0.39 is 47.3 Å². The van der Waals surface area contributed by atoms with Gasteiger partial charge in [-0.2, -0.15) is 26.3 Å². The van der Waals surface area contributed by atoms with Crippen LogP contribution in [0.3, 0.4) is 0 Å². The quantitative estimate of drug-likeness (QED) is 0.269. The maximum Gasteiger partial charge on any atom is 0.417 e. The summed E-state index contributed by atoms with van der Waals surface area (Å²) in [6.07, 6.45) is -8.37. The van der Waals surface area contributed by atoms with E-state index in [1.165, 1.54) is 6.92 Å². The molecule has 0 heterocycles. The molecule has 0 saturated carbocycles. The molecule has 0 aliphatic heterocycles. The molecule has 0 saturated heterocycles. The molecule has 196 valence electrons. The van der Waals surface area contributed by atoms with E-state index in [1.54, 1.807) is 6.92 Å². The average Bonchev–Trinajstić information content (AvgIpc) is 2.76. The molecule has 1 unspecified atom stereocenters. The van der Waals surface area contributed by atoms with Crippen LogP contribution >= 0.6 is 34.8 Å². The summed E-state index contributed by atoms with van der Waals surface area (Å²) in [6, 6.07) is 3.21. The number of nitrogens with one attached hydrogen (secondary N) is 2. The lowest BCUT2D eigenvalue weighted by Gasteiger charge is -2.19. The Morgan fingerprint density at radius 3 is 2.08 bits per heavy atom. The number of allylic oxidation sites excluding steroid dienone is 1. The first kappa shape index (κ1) is 29.8. The minimum atomic E-state index is -5.01. The van der Waals surface area contributed by atoms with E-state index in [-0.39, 0.29) is 32.7 Å². The van der Waals surface area contributed by atoms with Crippen LogP contribution in [0.5, 0.6) is 0 Å². The first-order valence-corrected chi connectivity index (χ1v) is 11.4. The second-order valence-electron chi connectivity index (χ2n) is 7.57. The van der Waals surface area contributed by atoms with Gasteiger partial charge in [-0.1, -0.05) is 53.0 Å². The first-order chi connectivity index (χ1) is 16.6. The van der Waals surface area contributed by atoms with E-state index in [9.17, 15) is 35.9 Å². The average molecular weight is 576 g/mol. The van der Waals surface area contributed by atoms with Crippen molar-refractivity contribution in [1.29, 1.82) is 0 Å². The van der Waals surface area contributed by atoms with Crippen molar-refractivity contribution in [2.24, 2.45) is 0 Å². The molecule has 2 amide bonds. The van der Waals surface area contributed by atoms with Crippen LogP contribution in [0.4, 0.5) is 26.3 Å². The minimum absolute atomic E-state index is 0.142. The molecule has 0 fully saturated rings. The Bertz CT molecular complexity index is 1140. The molecular weight excluding hydrogens is 557 g/mol. The Hall–Kier alpha value is -2.43. The van der Waals surface area contributed by atoms with Gasteiger partial charge < -0.3 is 10.6 Å². The fourth-order valence-electron chi connectivity index (χ4n) is 3.14. The third-order valence-corrected chi connectivity index (χ3v) is 6.08. The Labute approximate surface area is 217 Å². The normalized spacial score (nSPS) is 14.0. The SMILES string of the molecule is CCNC(=O)[C@@H](C)NC(=O)c1ccc(/C=C/C(c2cc(Cl)c(Cl)c(Cl)c2)C(F)(F)F)cc1C(F)(F)F. The number of alkyl halides is 6. The molecule has 13 heteroatoms. The van der Waals surface area contributed by atoms with Crippen LogP contribution in [0.15, 0.2) is 36.4 Å². The Balaban J connectivity index is 2.44. The molecule has 36 heavy (non-hydrogen) atoms. The van der Waals surface area contributed by atoms with Gasteiger partial charge in [0.25, 0.3) is 5.91 Å². The highest BCUT2D eigenvalue weighted by Crippen LogP contribution is 2.41. The van der Waals surface area contributed by atoms with Crippen LogP contribution in [0.1, 0.15) is 46.8 Å². The number of likely N-dealkylation sites (N-methyl/N-ethyl adjacent to an activating group) is 1. The molecule has 2 atom stereocenters. The third-order valence-electron chi connectivity index (χ3n) is 4.88. The number of amides is 2. The van der Waals surface area contributed by atoms with Crippen LogP contribution in [0, 0.1) is 0 Å². The molecule has 0 radical (unpaired) electrons. The summed E-state index contributed by atoms with van der Waals surface area (Å²) in [7, 11) is 0. The zero-order valence-electron chi connectivity index (χ0n) is 18.6. The molecule has 2 rings (SSSR count). The summed E-state index contributed by atoms with van der Waals surface area (Å²) < 4.78 is 82.2. The van der Waals surface area contributed by atoms with Gasteiger partial charge in [-0.05, 0) is 49.2 Å². The van der Waals surface area contributed by atoms with E-state index in [1.807, 2.05) is 0 Å². The molecule has 0 spiro atoms. The van der Waals surface area contributed by atoms with Crippen molar-refractivity contribution in [2.75, 3.05) is 6.54 Å². The molecule has 2 aromatic rings. The standard InChI is InChI=1S/C23H19Cl3F6N2O2/c1-3-33-20(35)11(2)34-21(36)14-6-4-12(8-16(14)23(30,31)32)5-7-15(22(27,28)29)13-9-17(24)19(26)18(25)10-13/h4-11,15H,3H2,1-2H3,(H,33,35)(H,34,36)/b7-5+/t11-,15?/m1/s1. The van der Waals surface area contributed by atoms with Gasteiger partial charge in [0.1, 0.15) is 6.04 Å². The molecule has 4 nitrogen and oxygen atoms in total. The summed E-state index contributed by atoms with van der Waals surface area (Å²) >= 11 is 17.4. The number of halogens is 9. The van der Waals surface area contributed by atoms with Crippen molar-refractivity contribution in [3.63, 3.8) is 0 Å². The highest BCUT2D eigenvalue weighted by atomic mass is 35.5. The van der Waals surface area contributed by atoms with Gasteiger partial charge in [0.15, 0.2) is 0 Å². The number of hydrogen-bond acceptors (Lipinski definition) is 2. The highest BCUT2D eigenvalue weighted by Gasteiger charge is 2.40. The van der Waals surface area contributed by atoms with Gasteiger partial charge in [-0.15, -0.1) is 0 Å².